The highest BCUT2D eigenvalue weighted by Gasteiger charge is 2.31. The van der Waals surface area contributed by atoms with Gasteiger partial charge in [0.25, 0.3) is 0 Å². The maximum Gasteiger partial charge on any atom is 0.128 e. The highest BCUT2D eigenvalue weighted by atomic mass is 15.0. The van der Waals surface area contributed by atoms with Gasteiger partial charge in [-0.2, -0.15) is 0 Å². The first-order chi connectivity index (χ1) is 7.74. The van der Waals surface area contributed by atoms with Crippen LogP contribution in [-0.4, -0.2) is 11.5 Å². The summed E-state index contributed by atoms with van der Waals surface area (Å²) < 4.78 is 0. The van der Waals surface area contributed by atoms with E-state index in [2.05, 4.69) is 17.2 Å². The molecular weight excluding hydrogens is 198 g/mol. The van der Waals surface area contributed by atoms with Crippen molar-refractivity contribution in [2.24, 2.45) is 5.41 Å². The zero-order valence-electron chi connectivity index (χ0n) is 10.00. The molecule has 0 aromatic carbocycles. The largest absolute Gasteiger partial charge is 0.384 e. The van der Waals surface area contributed by atoms with Gasteiger partial charge in [-0.3, -0.25) is 0 Å². The van der Waals surface area contributed by atoms with Crippen molar-refractivity contribution in [2.45, 2.75) is 39.0 Å². The molecule has 1 fully saturated rings. The lowest BCUT2D eigenvalue weighted by Gasteiger charge is -2.27. The van der Waals surface area contributed by atoms with Gasteiger partial charge in [0.2, 0.25) is 0 Å². The lowest BCUT2D eigenvalue weighted by atomic mass is 9.83. The van der Waals surface area contributed by atoms with Crippen LogP contribution in [0.3, 0.4) is 0 Å². The molecule has 16 heavy (non-hydrogen) atoms. The Balaban J connectivity index is 1.95. The van der Waals surface area contributed by atoms with Crippen LogP contribution < -0.4 is 11.1 Å². The Morgan fingerprint density at radius 2 is 2.12 bits per heavy atom. The van der Waals surface area contributed by atoms with E-state index < -0.39 is 0 Å². The number of aromatic nitrogens is 1. The number of nitrogens with two attached hydrogens (primary N) is 1. The number of nitrogens with one attached hydrogen (secondary N) is 1. The molecule has 3 nitrogen and oxygen atoms in total. The summed E-state index contributed by atoms with van der Waals surface area (Å²) >= 11 is 0. The molecule has 0 bridgehead atoms. The molecule has 0 atom stereocenters. The summed E-state index contributed by atoms with van der Waals surface area (Å²) in [6, 6.07) is 5.74. The van der Waals surface area contributed by atoms with Gasteiger partial charge in [0, 0.05) is 6.54 Å². The van der Waals surface area contributed by atoms with Crippen LogP contribution in [0.2, 0.25) is 0 Å². The third-order valence-electron chi connectivity index (χ3n) is 3.83. The van der Waals surface area contributed by atoms with E-state index in [9.17, 15) is 0 Å². The van der Waals surface area contributed by atoms with Crippen molar-refractivity contribution in [1.29, 1.82) is 0 Å². The topological polar surface area (TPSA) is 50.9 Å². The van der Waals surface area contributed by atoms with Gasteiger partial charge in [0.15, 0.2) is 0 Å². The summed E-state index contributed by atoms with van der Waals surface area (Å²) in [5.74, 6) is 1.49. The van der Waals surface area contributed by atoms with Crippen molar-refractivity contribution in [3.63, 3.8) is 0 Å². The molecule has 1 heterocycles. The number of hydrogen-bond acceptors (Lipinski definition) is 3. The minimum absolute atomic E-state index is 0.492. The molecule has 3 heteroatoms. The standard InChI is InChI=1S/C13H21N3/c1-2-13(8-3-4-9-13)10-15-12-7-5-6-11(14)16-12/h5-7H,2-4,8-10H2,1H3,(H3,14,15,16). The van der Waals surface area contributed by atoms with Gasteiger partial charge in [-0.15, -0.1) is 0 Å². The number of nitrogen functional groups attached to an aromatic ring is 1. The average Bonchev–Trinajstić information content (AvgIpc) is 2.76. The number of pyridine rings is 1. The number of nitrogens with zero attached hydrogens (tertiary/aromatic N) is 1. The highest BCUT2D eigenvalue weighted by molar-refractivity contribution is 5.42. The molecule has 88 valence electrons. The van der Waals surface area contributed by atoms with E-state index in [0.29, 0.717) is 11.2 Å². The predicted octanol–water partition coefficient (Wildman–Crippen LogP) is 3.05. The fourth-order valence-electron chi connectivity index (χ4n) is 2.61. The lowest BCUT2D eigenvalue weighted by molar-refractivity contribution is 0.306. The summed E-state index contributed by atoms with van der Waals surface area (Å²) in [5, 5.41) is 3.43. The smallest absolute Gasteiger partial charge is 0.128 e. The van der Waals surface area contributed by atoms with Crippen LogP contribution in [0.1, 0.15) is 39.0 Å². The van der Waals surface area contributed by atoms with Gasteiger partial charge in [0.05, 0.1) is 0 Å². The molecule has 2 rings (SSSR count). The second-order valence-electron chi connectivity index (χ2n) is 4.86. The molecule has 0 spiro atoms. The molecule has 1 aliphatic rings. The molecule has 0 saturated heterocycles. The zero-order chi connectivity index (χ0) is 11.4. The van der Waals surface area contributed by atoms with Gasteiger partial charge in [-0.1, -0.05) is 25.8 Å². The van der Waals surface area contributed by atoms with E-state index in [1.54, 1.807) is 0 Å². The summed E-state index contributed by atoms with van der Waals surface area (Å²) in [5.41, 5.74) is 6.15. The molecule has 0 radical (unpaired) electrons. The summed E-state index contributed by atoms with van der Waals surface area (Å²) in [4.78, 5) is 4.27. The maximum atomic E-state index is 5.66. The van der Waals surface area contributed by atoms with Gasteiger partial charge >= 0.3 is 0 Å². The normalized spacial score (nSPS) is 18.6. The molecule has 0 unspecified atom stereocenters. The molecule has 0 aliphatic heterocycles. The van der Waals surface area contributed by atoms with Crippen molar-refractivity contribution in [3.05, 3.63) is 18.2 Å². The Morgan fingerprint density at radius 3 is 2.75 bits per heavy atom. The van der Waals surface area contributed by atoms with Gasteiger partial charge in [0.1, 0.15) is 11.6 Å². The molecule has 3 N–H and O–H groups in total. The average molecular weight is 219 g/mol. The summed E-state index contributed by atoms with van der Waals surface area (Å²) in [6.07, 6.45) is 6.69. The van der Waals surface area contributed by atoms with E-state index in [0.717, 1.165) is 12.4 Å². The first-order valence-electron chi connectivity index (χ1n) is 6.20. The zero-order valence-corrected chi connectivity index (χ0v) is 10.00. The molecule has 1 aromatic rings. The lowest BCUT2D eigenvalue weighted by Crippen LogP contribution is -2.26. The van der Waals surface area contributed by atoms with E-state index in [4.69, 9.17) is 5.73 Å². The molecule has 1 aromatic heterocycles. The van der Waals surface area contributed by atoms with Crippen molar-refractivity contribution in [1.82, 2.24) is 4.98 Å². The minimum atomic E-state index is 0.492. The van der Waals surface area contributed by atoms with E-state index >= 15 is 0 Å². The molecule has 1 aliphatic carbocycles. The fraction of sp³-hybridized carbons (Fsp3) is 0.615. The number of rotatable bonds is 4. The Bertz CT molecular complexity index is 343. The van der Waals surface area contributed by atoms with E-state index in [-0.39, 0.29) is 0 Å². The van der Waals surface area contributed by atoms with Crippen LogP contribution in [0.4, 0.5) is 11.6 Å². The van der Waals surface area contributed by atoms with Crippen molar-refractivity contribution in [3.8, 4) is 0 Å². The Labute approximate surface area is 97.5 Å². The second-order valence-corrected chi connectivity index (χ2v) is 4.86. The van der Waals surface area contributed by atoms with Gasteiger partial charge in [-0.25, -0.2) is 4.98 Å². The van der Waals surface area contributed by atoms with Crippen molar-refractivity contribution in [2.75, 3.05) is 17.6 Å². The molecular formula is C13H21N3. The predicted molar refractivity (Wildman–Crippen MR) is 68.3 cm³/mol. The van der Waals surface area contributed by atoms with Crippen LogP contribution >= 0.6 is 0 Å². The van der Waals surface area contributed by atoms with Crippen LogP contribution in [0.25, 0.3) is 0 Å². The third kappa shape index (κ3) is 2.46. The first-order valence-corrected chi connectivity index (χ1v) is 6.20. The van der Waals surface area contributed by atoms with Crippen LogP contribution in [0, 0.1) is 5.41 Å². The van der Waals surface area contributed by atoms with Gasteiger partial charge in [-0.05, 0) is 36.8 Å². The second kappa shape index (κ2) is 4.73. The third-order valence-corrected chi connectivity index (χ3v) is 3.83. The minimum Gasteiger partial charge on any atom is -0.384 e. The highest BCUT2D eigenvalue weighted by Crippen LogP contribution is 2.40. The number of hydrogen-bond donors (Lipinski definition) is 2. The molecule has 0 amide bonds. The fourth-order valence-corrected chi connectivity index (χ4v) is 2.61. The summed E-state index contributed by atoms with van der Waals surface area (Å²) in [7, 11) is 0. The summed E-state index contributed by atoms with van der Waals surface area (Å²) in [6.45, 7) is 3.32. The molecule has 1 saturated carbocycles. The number of anilines is 2. The van der Waals surface area contributed by atoms with E-state index in [1.165, 1.54) is 32.1 Å². The Kier molecular flexibility index (Phi) is 3.32. The Hall–Kier alpha value is -1.25. The van der Waals surface area contributed by atoms with Crippen LogP contribution in [0.5, 0.6) is 0 Å². The maximum absolute atomic E-state index is 5.66. The van der Waals surface area contributed by atoms with Gasteiger partial charge < -0.3 is 11.1 Å². The Morgan fingerprint density at radius 1 is 1.38 bits per heavy atom. The SMILES string of the molecule is CCC1(CNc2cccc(N)n2)CCCC1. The van der Waals surface area contributed by atoms with E-state index in [1.807, 2.05) is 18.2 Å². The van der Waals surface area contributed by atoms with Crippen molar-refractivity contribution < 1.29 is 0 Å². The monoisotopic (exact) mass is 219 g/mol. The quantitative estimate of drug-likeness (QED) is 0.818. The van der Waals surface area contributed by atoms with Crippen LogP contribution in [0.15, 0.2) is 18.2 Å². The van der Waals surface area contributed by atoms with Crippen LogP contribution in [-0.2, 0) is 0 Å². The van der Waals surface area contributed by atoms with Crippen molar-refractivity contribution >= 4 is 11.6 Å². The first kappa shape index (κ1) is 11.2.